The van der Waals surface area contributed by atoms with E-state index in [1.54, 1.807) is 18.3 Å². The molecule has 1 aromatic carbocycles. The molecule has 0 radical (unpaired) electrons. The van der Waals surface area contributed by atoms with E-state index in [0.717, 1.165) is 33.5 Å². The summed E-state index contributed by atoms with van der Waals surface area (Å²) in [7, 11) is 0. The molecule has 0 aliphatic heterocycles. The first-order chi connectivity index (χ1) is 14.7. The highest BCUT2D eigenvalue weighted by Crippen LogP contribution is 2.38. The summed E-state index contributed by atoms with van der Waals surface area (Å²) in [5.41, 5.74) is 5.40. The molecule has 3 rings (SSSR count). The number of amides is 1. The Kier molecular flexibility index (Phi) is 6.45. The Morgan fingerprint density at radius 3 is 2.45 bits per heavy atom. The average molecular weight is 415 g/mol. The topological polar surface area (TPSA) is 99.9 Å². The van der Waals surface area contributed by atoms with Crippen LogP contribution in [-0.2, 0) is 14.4 Å². The van der Waals surface area contributed by atoms with Crippen molar-refractivity contribution in [1.29, 1.82) is 5.26 Å². The molecule has 1 heterocycles. The van der Waals surface area contributed by atoms with Gasteiger partial charge in [0.2, 0.25) is 5.91 Å². The lowest BCUT2D eigenvalue weighted by Gasteiger charge is -2.17. The Morgan fingerprint density at radius 1 is 1.23 bits per heavy atom. The summed E-state index contributed by atoms with van der Waals surface area (Å²) in [6, 6.07) is 9.35. The Morgan fingerprint density at radius 2 is 1.90 bits per heavy atom. The van der Waals surface area contributed by atoms with Crippen molar-refractivity contribution in [2.24, 2.45) is 5.92 Å². The highest BCUT2D eigenvalue weighted by molar-refractivity contribution is 6.15. The predicted octanol–water partition coefficient (Wildman–Crippen LogP) is 3.91. The molecule has 1 amide bonds. The van der Waals surface area contributed by atoms with Crippen molar-refractivity contribution < 1.29 is 14.4 Å². The van der Waals surface area contributed by atoms with Crippen LogP contribution < -0.4 is 5.32 Å². The van der Waals surface area contributed by atoms with Gasteiger partial charge < -0.3 is 5.32 Å². The van der Waals surface area contributed by atoms with Crippen molar-refractivity contribution >= 4 is 17.5 Å². The number of ketones is 2. The van der Waals surface area contributed by atoms with Crippen LogP contribution in [0.4, 0.5) is 0 Å². The van der Waals surface area contributed by atoms with Crippen molar-refractivity contribution in [3.8, 4) is 17.3 Å². The monoisotopic (exact) mass is 415 g/mol. The van der Waals surface area contributed by atoms with E-state index in [4.69, 9.17) is 5.26 Å². The largest absolute Gasteiger partial charge is 0.333 e. The normalized spacial score (nSPS) is 17.9. The fourth-order valence-electron chi connectivity index (χ4n) is 4.05. The van der Waals surface area contributed by atoms with E-state index in [2.05, 4.69) is 10.3 Å². The first kappa shape index (κ1) is 22.1. The number of Topliss-reactive ketones (excluding diaryl/α,β-unsaturated/α-hetero) is 2. The number of carbonyl (C=O) groups is 3. The maximum Gasteiger partial charge on any atom is 0.224 e. The number of allylic oxidation sites excluding steroid dienone is 1. The van der Waals surface area contributed by atoms with E-state index in [0.29, 0.717) is 5.56 Å². The first-order valence-electron chi connectivity index (χ1n) is 10.2. The number of benzene rings is 1. The average Bonchev–Trinajstić information content (AvgIpc) is 2.99. The lowest BCUT2D eigenvalue weighted by atomic mass is 9.85. The van der Waals surface area contributed by atoms with Crippen molar-refractivity contribution in [2.75, 3.05) is 0 Å². The zero-order valence-corrected chi connectivity index (χ0v) is 18.2. The van der Waals surface area contributed by atoms with Gasteiger partial charge in [0.1, 0.15) is 17.8 Å². The number of carbonyl (C=O) groups excluding carboxylic acids is 3. The molecule has 1 N–H and O–H groups in total. The van der Waals surface area contributed by atoms with Gasteiger partial charge in [0.05, 0.1) is 11.3 Å². The second-order valence-corrected chi connectivity index (χ2v) is 8.26. The molecule has 1 aliphatic carbocycles. The van der Waals surface area contributed by atoms with Gasteiger partial charge in [-0.3, -0.25) is 19.4 Å². The highest BCUT2D eigenvalue weighted by Gasteiger charge is 2.43. The van der Waals surface area contributed by atoms with E-state index >= 15 is 0 Å². The summed E-state index contributed by atoms with van der Waals surface area (Å²) < 4.78 is 0. The number of aryl methyl sites for hydroxylation is 2. The maximum atomic E-state index is 13.1. The standard InChI is InChI=1S/C25H25N3O3/c1-14(2)12-28-22(30)10-19-9-21(29)24(25(19)31)23-15(3)7-18(8-16(23)4)20-6-5-17(11-26)13-27-20/h5-8,12-13,19,24H,9-10H2,1-4H3,(H,28,30). The number of hydrogen-bond donors (Lipinski definition) is 1. The molecule has 1 saturated carbocycles. The number of nitrogens with one attached hydrogen (secondary N) is 1. The number of aromatic nitrogens is 1. The Labute approximate surface area is 182 Å². The Hall–Kier alpha value is -3.59. The molecule has 6 heteroatoms. The molecule has 6 nitrogen and oxygen atoms in total. The van der Waals surface area contributed by atoms with Crippen LogP contribution in [0.25, 0.3) is 11.3 Å². The van der Waals surface area contributed by atoms with Crippen molar-refractivity contribution in [3.63, 3.8) is 0 Å². The number of pyridine rings is 1. The van der Waals surface area contributed by atoms with E-state index < -0.39 is 11.8 Å². The minimum Gasteiger partial charge on any atom is -0.333 e. The number of rotatable bonds is 5. The van der Waals surface area contributed by atoms with Gasteiger partial charge >= 0.3 is 0 Å². The van der Waals surface area contributed by atoms with Gasteiger partial charge in [0.25, 0.3) is 0 Å². The Bertz CT molecular complexity index is 1100. The van der Waals surface area contributed by atoms with Crippen LogP contribution in [0.1, 0.15) is 54.9 Å². The molecule has 2 unspecified atom stereocenters. The molecular weight excluding hydrogens is 390 g/mol. The first-order valence-corrected chi connectivity index (χ1v) is 10.2. The van der Waals surface area contributed by atoms with E-state index in [-0.39, 0.29) is 30.3 Å². The van der Waals surface area contributed by atoms with Gasteiger partial charge in [0.15, 0.2) is 5.78 Å². The lowest BCUT2D eigenvalue weighted by molar-refractivity contribution is -0.128. The fraction of sp³-hybridized carbons (Fsp3) is 0.320. The third kappa shape index (κ3) is 4.77. The molecule has 1 aliphatic rings. The van der Waals surface area contributed by atoms with E-state index in [1.807, 2.05) is 45.9 Å². The van der Waals surface area contributed by atoms with Crippen LogP contribution in [0, 0.1) is 31.1 Å². The molecule has 0 bridgehead atoms. The lowest BCUT2D eigenvalue weighted by Crippen LogP contribution is -2.24. The quantitative estimate of drug-likeness (QED) is 0.747. The second-order valence-electron chi connectivity index (χ2n) is 8.26. The van der Waals surface area contributed by atoms with Crippen LogP contribution in [0.2, 0.25) is 0 Å². The zero-order chi connectivity index (χ0) is 22.7. The molecule has 0 spiro atoms. The minimum absolute atomic E-state index is 0.0101. The van der Waals surface area contributed by atoms with Crippen LogP contribution in [-0.4, -0.2) is 22.5 Å². The molecule has 2 atom stereocenters. The summed E-state index contributed by atoms with van der Waals surface area (Å²) in [4.78, 5) is 42.3. The smallest absolute Gasteiger partial charge is 0.224 e. The van der Waals surface area contributed by atoms with Gasteiger partial charge in [-0.05, 0) is 68.7 Å². The number of hydrogen-bond acceptors (Lipinski definition) is 5. The summed E-state index contributed by atoms with van der Waals surface area (Å²) in [6.07, 6.45) is 3.22. The molecule has 0 saturated heterocycles. The van der Waals surface area contributed by atoms with Crippen molar-refractivity contribution in [1.82, 2.24) is 10.3 Å². The predicted molar refractivity (Wildman–Crippen MR) is 117 cm³/mol. The van der Waals surface area contributed by atoms with Crippen LogP contribution >= 0.6 is 0 Å². The number of nitrogens with zero attached hydrogens (tertiary/aromatic N) is 2. The SMILES string of the molecule is CC(C)=CNC(=O)CC1CC(=O)C(c2c(C)cc(-c3ccc(C#N)cn3)cc2C)C1=O. The molecule has 1 fully saturated rings. The minimum atomic E-state index is -0.829. The molecule has 1 aromatic heterocycles. The van der Waals surface area contributed by atoms with E-state index in [9.17, 15) is 14.4 Å². The van der Waals surface area contributed by atoms with Gasteiger partial charge in [-0.15, -0.1) is 0 Å². The van der Waals surface area contributed by atoms with Gasteiger partial charge in [-0.1, -0.05) is 5.57 Å². The third-order valence-corrected chi connectivity index (χ3v) is 5.48. The highest BCUT2D eigenvalue weighted by atomic mass is 16.2. The van der Waals surface area contributed by atoms with Crippen LogP contribution in [0.5, 0.6) is 0 Å². The van der Waals surface area contributed by atoms with E-state index in [1.165, 1.54) is 6.20 Å². The van der Waals surface area contributed by atoms with Crippen LogP contribution in [0.3, 0.4) is 0 Å². The fourth-order valence-corrected chi connectivity index (χ4v) is 4.05. The molecule has 2 aromatic rings. The summed E-state index contributed by atoms with van der Waals surface area (Å²) in [6.45, 7) is 7.49. The Balaban J connectivity index is 1.85. The zero-order valence-electron chi connectivity index (χ0n) is 18.2. The van der Waals surface area contributed by atoms with Crippen molar-refractivity contribution in [3.05, 3.63) is 64.5 Å². The third-order valence-electron chi connectivity index (χ3n) is 5.48. The second kappa shape index (κ2) is 9.05. The number of nitriles is 1. The molecule has 158 valence electrons. The summed E-state index contributed by atoms with van der Waals surface area (Å²) in [5.74, 6) is -2.01. The van der Waals surface area contributed by atoms with Gasteiger partial charge in [0, 0.05) is 36.7 Å². The maximum absolute atomic E-state index is 13.1. The summed E-state index contributed by atoms with van der Waals surface area (Å²) >= 11 is 0. The molecular formula is C25H25N3O3. The summed E-state index contributed by atoms with van der Waals surface area (Å²) in [5, 5.41) is 11.6. The molecule has 31 heavy (non-hydrogen) atoms. The van der Waals surface area contributed by atoms with Gasteiger partial charge in [-0.25, -0.2) is 0 Å². The van der Waals surface area contributed by atoms with Crippen LogP contribution in [0.15, 0.2) is 42.2 Å². The van der Waals surface area contributed by atoms with Crippen molar-refractivity contribution in [2.45, 2.75) is 46.5 Å². The van der Waals surface area contributed by atoms with Gasteiger partial charge in [-0.2, -0.15) is 5.26 Å².